The number of nitrogens with zero attached hydrogens (tertiary/aromatic N) is 1. The number of halogens is 1. The molecule has 0 fully saturated rings. The summed E-state index contributed by atoms with van der Waals surface area (Å²) in [6.45, 7) is 3.16. The van der Waals surface area contributed by atoms with Crippen molar-refractivity contribution < 1.29 is 14.1 Å². The molecule has 0 bridgehead atoms. The smallest absolute Gasteiger partial charge is 0.272 e. The minimum absolute atomic E-state index is 0.0368. The fourth-order valence-corrected chi connectivity index (χ4v) is 2.95. The highest BCUT2D eigenvalue weighted by Gasteiger charge is 2.12. The fourth-order valence-electron chi connectivity index (χ4n) is 2.95. The normalized spacial score (nSPS) is 10.6. The second-order valence-electron chi connectivity index (χ2n) is 6.90. The lowest BCUT2D eigenvalue weighted by Crippen LogP contribution is -2.01. The number of nitro benzene ring substituents is 1. The van der Waals surface area contributed by atoms with Gasteiger partial charge in [-0.3, -0.25) is 10.1 Å². The second kappa shape index (κ2) is 12.0. The predicted molar refractivity (Wildman–Crippen MR) is 111 cm³/mol. The number of hydrogen-bond acceptors (Lipinski definition) is 4. The summed E-state index contributed by atoms with van der Waals surface area (Å²) >= 11 is 0. The van der Waals surface area contributed by atoms with Gasteiger partial charge in [0, 0.05) is 18.3 Å². The minimum atomic E-state index is -0.758. The van der Waals surface area contributed by atoms with Gasteiger partial charge in [-0.2, -0.15) is 0 Å². The Hall–Kier alpha value is -2.63. The Balaban J connectivity index is 1.70. The average molecular weight is 388 g/mol. The van der Waals surface area contributed by atoms with Gasteiger partial charge in [-0.15, -0.1) is 0 Å². The van der Waals surface area contributed by atoms with E-state index in [1.54, 1.807) is 12.1 Å². The van der Waals surface area contributed by atoms with Crippen LogP contribution < -0.4 is 10.1 Å². The monoisotopic (exact) mass is 388 g/mol. The number of non-ortho nitro benzene ring substituents is 1. The van der Waals surface area contributed by atoms with Crippen LogP contribution in [0.25, 0.3) is 0 Å². The van der Waals surface area contributed by atoms with Crippen LogP contribution in [0.2, 0.25) is 0 Å². The topological polar surface area (TPSA) is 64.4 Å². The maximum absolute atomic E-state index is 13.9. The predicted octanol–water partition coefficient (Wildman–Crippen LogP) is 7.08. The molecule has 0 radical (unpaired) electrons. The number of nitrogens with one attached hydrogen (secondary N) is 1. The average Bonchev–Trinajstić information content (AvgIpc) is 2.69. The molecule has 0 saturated carbocycles. The van der Waals surface area contributed by atoms with Crippen LogP contribution >= 0.6 is 0 Å². The SMILES string of the molecule is CCCCCCCCCCNc1ccc(Oc2ccc([N+](=O)[O-])cc2F)cc1. The second-order valence-corrected chi connectivity index (χ2v) is 6.90. The molecule has 2 rings (SSSR count). The molecule has 1 N–H and O–H groups in total. The molecule has 2 aromatic rings. The number of hydrogen-bond donors (Lipinski definition) is 1. The Bertz CT molecular complexity index is 735. The summed E-state index contributed by atoms with van der Waals surface area (Å²) in [4.78, 5) is 10.0. The van der Waals surface area contributed by atoms with Crippen molar-refractivity contribution in [3.63, 3.8) is 0 Å². The molecular formula is C22H29FN2O3. The van der Waals surface area contributed by atoms with Crippen molar-refractivity contribution in [3.8, 4) is 11.5 Å². The number of unbranched alkanes of at least 4 members (excludes halogenated alkanes) is 7. The van der Waals surface area contributed by atoms with Gasteiger partial charge < -0.3 is 10.1 Å². The molecule has 0 heterocycles. The molecule has 6 heteroatoms. The molecule has 0 spiro atoms. The minimum Gasteiger partial charge on any atom is -0.454 e. The van der Waals surface area contributed by atoms with Crippen molar-refractivity contribution in [1.29, 1.82) is 0 Å². The summed E-state index contributed by atoms with van der Waals surface area (Å²) in [6.07, 6.45) is 10.3. The lowest BCUT2D eigenvalue weighted by atomic mass is 10.1. The Labute approximate surface area is 166 Å². The summed E-state index contributed by atoms with van der Waals surface area (Å²) < 4.78 is 19.4. The van der Waals surface area contributed by atoms with Crippen LogP contribution in [-0.4, -0.2) is 11.5 Å². The first-order valence-electron chi connectivity index (χ1n) is 10.1. The Morgan fingerprint density at radius 1 is 0.964 bits per heavy atom. The highest BCUT2D eigenvalue weighted by molar-refractivity contribution is 5.47. The molecule has 0 atom stereocenters. The highest BCUT2D eigenvalue weighted by atomic mass is 19.1. The maximum atomic E-state index is 13.9. The van der Waals surface area contributed by atoms with E-state index in [2.05, 4.69) is 12.2 Å². The summed E-state index contributed by atoms with van der Waals surface area (Å²) in [7, 11) is 0. The van der Waals surface area contributed by atoms with Gasteiger partial charge in [-0.1, -0.05) is 51.9 Å². The van der Waals surface area contributed by atoms with E-state index in [0.29, 0.717) is 5.75 Å². The van der Waals surface area contributed by atoms with Crippen LogP contribution in [-0.2, 0) is 0 Å². The fraction of sp³-hybridized carbons (Fsp3) is 0.455. The zero-order valence-electron chi connectivity index (χ0n) is 16.5. The number of benzene rings is 2. The van der Waals surface area contributed by atoms with Crippen LogP contribution in [0.3, 0.4) is 0 Å². The van der Waals surface area contributed by atoms with Crippen LogP contribution in [0.15, 0.2) is 42.5 Å². The van der Waals surface area contributed by atoms with Gasteiger partial charge in [-0.25, -0.2) is 4.39 Å². The number of anilines is 1. The summed E-state index contributed by atoms with van der Waals surface area (Å²) in [5.74, 6) is -0.318. The summed E-state index contributed by atoms with van der Waals surface area (Å²) in [5, 5.41) is 14.0. The van der Waals surface area contributed by atoms with Gasteiger partial charge in [0.05, 0.1) is 11.0 Å². The van der Waals surface area contributed by atoms with E-state index in [9.17, 15) is 14.5 Å². The molecule has 5 nitrogen and oxygen atoms in total. The van der Waals surface area contributed by atoms with Gasteiger partial charge in [0.25, 0.3) is 5.69 Å². The lowest BCUT2D eigenvalue weighted by molar-refractivity contribution is -0.385. The van der Waals surface area contributed by atoms with E-state index in [1.165, 1.54) is 57.1 Å². The zero-order valence-corrected chi connectivity index (χ0v) is 16.5. The van der Waals surface area contributed by atoms with Crippen molar-refractivity contribution in [2.45, 2.75) is 58.3 Å². The summed E-state index contributed by atoms with van der Waals surface area (Å²) in [6, 6.07) is 10.6. The van der Waals surface area contributed by atoms with Crippen molar-refractivity contribution in [2.75, 3.05) is 11.9 Å². The van der Waals surface area contributed by atoms with Gasteiger partial charge in [0.2, 0.25) is 0 Å². The molecule has 0 saturated heterocycles. The van der Waals surface area contributed by atoms with Crippen molar-refractivity contribution in [3.05, 3.63) is 58.4 Å². The molecule has 0 amide bonds. The first kappa shape index (κ1) is 21.7. The van der Waals surface area contributed by atoms with Gasteiger partial charge in [0.1, 0.15) is 5.75 Å². The standard InChI is InChI=1S/C22H29FN2O3/c1-2-3-4-5-6-7-8-9-16-24-18-10-13-20(14-11-18)28-22-15-12-19(25(26)27)17-21(22)23/h10-15,17,24H,2-9,16H2,1H3. The van der Waals surface area contributed by atoms with Crippen LogP contribution in [0.5, 0.6) is 11.5 Å². The quantitative estimate of drug-likeness (QED) is 0.226. The molecule has 0 aromatic heterocycles. The molecule has 28 heavy (non-hydrogen) atoms. The Morgan fingerprint density at radius 3 is 2.21 bits per heavy atom. The summed E-state index contributed by atoms with van der Waals surface area (Å²) in [5.41, 5.74) is 0.685. The number of ether oxygens (including phenoxy) is 1. The van der Waals surface area contributed by atoms with E-state index in [-0.39, 0.29) is 11.4 Å². The number of nitro groups is 1. The van der Waals surface area contributed by atoms with E-state index in [0.717, 1.165) is 24.7 Å². The van der Waals surface area contributed by atoms with Gasteiger partial charge >= 0.3 is 0 Å². The van der Waals surface area contributed by atoms with Crippen LogP contribution in [0, 0.1) is 15.9 Å². The van der Waals surface area contributed by atoms with Crippen molar-refractivity contribution in [1.82, 2.24) is 0 Å². The zero-order chi connectivity index (χ0) is 20.2. The Morgan fingerprint density at radius 2 is 1.61 bits per heavy atom. The third kappa shape index (κ3) is 7.55. The van der Waals surface area contributed by atoms with Crippen molar-refractivity contribution >= 4 is 11.4 Å². The van der Waals surface area contributed by atoms with Gasteiger partial charge in [0.15, 0.2) is 11.6 Å². The van der Waals surface area contributed by atoms with Crippen LogP contribution in [0.4, 0.5) is 15.8 Å². The third-order valence-electron chi connectivity index (χ3n) is 4.57. The highest BCUT2D eigenvalue weighted by Crippen LogP contribution is 2.28. The third-order valence-corrected chi connectivity index (χ3v) is 4.57. The van der Waals surface area contributed by atoms with E-state index < -0.39 is 10.7 Å². The maximum Gasteiger partial charge on any atom is 0.272 e. The Kier molecular flexibility index (Phi) is 9.25. The van der Waals surface area contributed by atoms with E-state index in [4.69, 9.17) is 4.74 Å². The first-order chi connectivity index (χ1) is 13.6. The van der Waals surface area contributed by atoms with Crippen LogP contribution in [0.1, 0.15) is 58.3 Å². The van der Waals surface area contributed by atoms with Crippen molar-refractivity contribution in [2.24, 2.45) is 0 Å². The largest absolute Gasteiger partial charge is 0.454 e. The van der Waals surface area contributed by atoms with Gasteiger partial charge in [-0.05, 0) is 36.8 Å². The molecule has 0 aliphatic rings. The molecule has 0 unspecified atom stereocenters. The molecular weight excluding hydrogens is 359 g/mol. The molecule has 0 aliphatic carbocycles. The first-order valence-corrected chi connectivity index (χ1v) is 10.1. The lowest BCUT2D eigenvalue weighted by Gasteiger charge is -2.09. The van der Waals surface area contributed by atoms with E-state index >= 15 is 0 Å². The molecule has 152 valence electrons. The molecule has 0 aliphatic heterocycles. The van der Waals surface area contributed by atoms with E-state index in [1.807, 2.05) is 12.1 Å². The number of rotatable bonds is 13. The molecule has 2 aromatic carbocycles.